The van der Waals surface area contributed by atoms with Crippen molar-refractivity contribution < 1.29 is 9.47 Å². The van der Waals surface area contributed by atoms with Crippen molar-refractivity contribution in [2.45, 2.75) is 33.1 Å². The highest BCUT2D eigenvalue weighted by Crippen LogP contribution is 2.03. The van der Waals surface area contributed by atoms with Crippen LogP contribution in [0.5, 0.6) is 0 Å². The lowest BCUT2D eigenvalue weighted by Gasteiger charge is -2.16. The molecule has 0 aliphatic carbocycles. The first-order valence-electron chi connectivity index (χ1n) is 6.38. The molecule has 2 aromatic heterocycles. The fourth-order valence-corrected chi connectivity index (χ4v) is 1.84. The number of hydrogen-bond donors (Lipinski definition) is 0. The van der Waals surface area contributed by atoms with Crippen molar-refractivity contribution in [3.63, 3.8) is 0 Å². The highest BCUT2D eigenvalue weighted by Gasteiger charge is 2.11. The Labute approximate surface area is 110 Å². The second-order valence-corrected chi connectivity index (χ2v) is 3.94. The topological polar surface area (TPSA) is 70.6 Å². The fraction of sp³-hybridized carbons (Fsp3) is 0.583. The molecule has 0 saturated carbocycles. The van der Waals surface area contributed by atoms with Gasteiger partial charge in [0.05, 0.1) is 12.7 Å². The van der Waals surface area contributed by atoms with E-state index in [1.807, 2.05) is 13.8 Å². The van der Waals surface area contributed by atoms with E-state index >= 15 is 0 Å². The lowest BCUT2D eigenvalue weighted by atomic mass is 10.4. The fourth-order valence-electron chi connectivity index (χ4n) is 1.84. The molecule has 7 nitrogen and oxygen atoms in total. The Morgan fingerprint density at radius 3 is 2.68 bits per heavy atom. The molecule has 0 aliphatic heterocycles. The van der Waals surface area contributed by atoms with Gasteiger partial charge in [-0.3, -0.25) is 4.98 Å². The minimum absolute atomic E-state index is 0.177. The number of aromatic nitrogens is 4. The number of aryl methyl sites for hydroxylation is 1. The van der Waals surface area contributed by atoms with Crippen LogP contribution in [0, 0.1) is 0 Å². The summed E-state index contributed by atoms with van der Waals surface area (Å²) in [6.45, 7) is 5.43. The van der Waals surface area contributed by atoms with Gasteiger partial charge in [-0.15, -0.1) is 5.10 Å². The maximum Gasteiger partial charge on any atom is 0.350 e. The van der Waals surface area contributed by atoms with Crippen molar-refractivity contribution in [1.82, 2.24) is 19.2 Å². The molecular formula is C12H18N4O3. The second-order valence-electron chi connectivity index (χ2n) is 3.94. The summed E-state index contributed by atoms with van der Waals surface area (Å²) in [4.78, 5) is 15.9. The predicted molar refractivity (Wildman–Crippen MR) is 68.9 cm³/mol. The third-order valence-corrected chi connectivity index (χ3v) is 2.67. The van der Waals surface area contributed by atoms with E-state index in [1.54, 1.807) is 18.6 Å². The second kappa shape index (κ2) is 6.44. The Morgan fingerprint density at radius 2 is 2.05 bits per heavy atom. The third-order valence-electron chi connectivity index (χ3n) is 2.67. The number of nitrogens with zero attached hydrogens (tertiary/aromatic N) is 4. The molecule has 0 aromatic carbocycles. The van der Waals surface area contributed by atoms with Crippen molar-refractivity contribution in [2.75, 3.05) is 13.2 Å². The van der Waals surface area contributed by atoms with Gasteiger partial charge in [0.15, 0.2) is 11.9 Å². The van der Waals surface area contributed by atoms with E-state index in [0.717, 1.165) is 0 Å². The Kier molecular flexibility index (Phi) is 4.64. The molecule has 0 unspecified atom stereocenters. The van der Waals surface area contributed by atoms with Gasteiger partial charge in [-0.05, 0) is 13.8 Å². The normalized spacial score (nSPS) is 11.5. The average molecular weight is 266 g/mol. The summed E-state index contributed by atoms with van der Waals surface area (Å²) in [5.41, 5.74) is 0.362. The van der Waals surface area contributed by atoms with Crippen molar-refractivity contribution in [1.29, 1.82) is 0 Å². The van der Waals surface area contributed by atoms with E-state index in [9.17, 15) is 4.79 Å². The zero-order valence-corrected chi connectivity index (χ0v) is 11.2. The lowest BCUT2D eigenvalue weighted by molar-refractivity contribution is -0.141. The summed E-state index contributed by atoms with van der Waals surface area (Å²) in [7, 11) is 0. The number of fused-ring (bicyclic) bond motifs is 1. The monoisotopic (exact) mass is 266 g/mol. The summed E-state index contributed by atoms with van der Waals surface area (Å²) >= 11 is 0. The van der Waals surface area contributed by atoms with Gasteiger partial charge in [-0.1, -0.05) is 0 Å². The molecule has 2 heterocycles. The smallest absolute Gasteiger partial charge is 0.350 e. The molecule has 0 N–H and O–H groups in total. The van der Waals surface area contributed by atoms with E-state index in [1.165, 1.54) is 9.08 Å². The molecule has 0 aliphatic rings. The first kappa shape index (κ1) is 13.7. The average Bonchev–Trinajstić information content (AvgIpc) is 2.74. The van der Waals surface area contributed by atoms with Crippen LogP contribution in [0.15, 0.2) is 23.4 Å². The molecule has 0 amide bonds. The minimum Gasteiger partial charge on any atom is -0.353 e. The van der Waals surface area contributed by atoms with Crippen LogP contribution in [0.25, 0.3) is 5.65 Å². The van der Waals surface area contributed by atoms with Gasteiger partial charge >= 0.3 is 5.69 Å². The molecule has 0 bridgehead atoms. The maximum atomic E-state index is 12.0. The highest BCUT2D eigenvalue weighted by molar-refractivity contribution is 5.31. The third kappa shape index (κ3) is 3.18. The van der Waals surface area contributed by atoms with Crippen LogP contribution in [0.2, 0.25) is 0 Å². The quantitative estimate of drug-likeness (QED) is 0.689. The van der Waals surface area contributed by atoms with Gasteiger partial charge in [-0.2, -0.15) is 0 Å². The van der Waals surface area contributed by atoms with Crippen LogP contribution in [-0.2, 0) is 16.0 Å². The molecule has 2 rings (SSSR count). The Bertz CT molecular complexity index is 572. The van der Waals surface area contributed by atoms with Gasteiger partial charge in [0.25, 0.3) is 0 Å². The SMILES string of the molecule is CCOC(CCn1nc2cnccn2c1=O)OCC. The molecule has 0 fully saturated rings. The standard InChI is InChI=1S/C12H18N4O3/c1-3-18-11(19-4-2)5-7-16-12(17)15-8-6-13-9-10(15)14-16/h6,8-9,11H,3-5,7H2,1-2H3. The molecule has 0 saturated heterocycles. The van der Waals surface area contributed by atoms with Gasteiger partial charge in [0.2, 0.25) is 0 Å². The first-order valence-corrected chi connectivity index (χ1v) is 6.38. The first-order chi connectivity index (χ1) is 9.26. The van der Waals surface area contributed by atoms with Crippen LogP contribution >= 0.6 is 0 Å². The maximum absolute atomic E-state index is 12.0. The number of rotatable bonds is 7. The van der Waals surface area contributed by atoms with Crippen LogP contribution in [0.3, 0.4) is 0 Å². The molecular weight excluding hydrogens is 248 g/mol. The summed E-state index contributed by atoms with van der Waals surface area (Å²) in [5.74, 6) is 0. The molecule has 0 radical (unpaired) electrons. The predicted octanol–water partition coefficient (Wildman–Crippen LogP) is 0.680. The minimum atomic E-state index is -0.301. The summed E-state index contributed by atoms with van der Waals surface area (Å²) in [6, 6.07) is 0. The molecule has 0 spiro atoms. The summed E-state index contributed by atoms with van der Waals surface area (Å²) in [6.07, 6.45) is 5.00. The summed E-state index contributed by atoms with van der Waals surface area (Å²) in [5, 5.41) is 4.20. The van der Waals surface area contributed by atoms with Crippen molar-refractivity contribution in [3.8, 4) is 0 Å². The number of ether oxygens (including phenoxy) is 2. The molecule has 104 valence electrons. The van der Waals surface area contributed by atoms with Crippen molar-refractivity contribution >= 4 is 5.65 Å². The zero-order valence-electron chi connectivity index (χ0n) is 11.2. The van der Waals surface area contributed by atoms with Crippen LogP contribution in [-0.4, -0.2) is 38.7 Å². The van der Waals surface area contributed by atoms with Gasteiger partial charge in [0.1, 0.15) is 0 Å². The van der Waals surface area contributed by atoms with Gasteiger partial charge in [0, 0.05) is 32.0 Å². The van der Waals surface area contributed by atoms with E-state index in [-0.39, 0.29) is 12.0 Å². The molecule has 0 atom stereocenters. The van der Waals surface area contributed by atoms with E-state index in [4.69, 9.17) is 9.47 Å². The van der Waals surface area contributed by atoms with E-state index in [0.29, 0.717) is 31.8 Å². The molecule has 2 aromatic rings. The zero-order chi connectivity index (χ0) is 13.7. The van der Waals surface area contributed by atoms with E-state index < -0.39 is 0 Å². The van der Waals surface area contributed by atoms with Crippen LogP contribution < -0.4 is 5.69 Å². The van der Waals surface area contributed by atoms with Crippen LogP contribution in [0.4, 0.5) is 0 Å². The van der Waals surface area contributed by atoms with Crippen LogP contribution in [0.1, 0.15) is 20.3 Å². The largest absolute Gasteiger partial charge is 0.353 e. The highest BCUT2D eigenvalue weighted by atomic mass is 16.7. The Hall–Kier alpha value is -1.73. The van der Waals surface area contributed by atoms with Gasteiger partial charge < -0.3 is 9.47 Å². The number of hydrogen-bond acceptors (Lipinski definition) is 5. The van der Waals surface area contributed by atoms with Gasteiger partial charge in [-0.25, -0.2) is 13.9 Å². The molecule has 19 heavy (non-hydrogen) atoms. The van der Waals surface area contributed by atoms with Crippen molar-refractivity contribution in [2.24, 2.45) is 0 Å². The molecule has 7 heteroatoms. The lowest BCUT2D eigenvalue weighted by Crippen LogP contribution is -2.25. The Balaban J connectivity index is 2.08. The van der Waals surface area contributed by atoms with E-state index in [2.05, 4.69) is 10.1 Å². The summed E-state index contributed by atoms with van der Waals surface area (Å²) < 4.78 is 13.7. The Morgan fingerprint density at radius 1 is 1.32 bits per heavy atom. The van der Waals surface area contributed by atoms with Crippen molar-refractivity contribution in [3.05, 3.63) is 29.1 Å².